The molecule has 3 heteroatoms. The van der Waals surface area contributed by atoms with Gasteiger partial charge in [0.2, 0.25) is 0 Å². The third-order valence-corrected chi connectivity index (χ3v) is 1.55. The van der Waals surface area contributed by atoms with Crippen LogP contribution in [0.1, 0.15) is 0 Å². The van der Waals surface area contributed by atoms with Gasteiger partial charge < -0.3 is 4.65 Å². The maximum atomic E-state index is 4.94. The van der Waals surface area contributed by atoms with Crippen LogP contribution in [0.15, 0.2) is 29.2 Å². The van der Waals surface area contributed by atoms with Gasteiger partial charge in [-0.3, -0.25) is 0 Å². The van der Waals surface area contributed by atoms with Gasteiger partial charge in [-0.1, -0.05) is 17.6 Å². The highest BCUT2D eigenvalue weighted by Crippen LogP contribution is 2.00. The van der Waals surface area contributed by atoms with Gasteiger partial charge in [-0.15, -0.1) is 12.6 Å². The molecule has 0 saturated heterocycles. The average Bonchev–Trinajstić information content (AvgIpc) is 1.95. The highest BCUT2D eigenvalue weighted by atomic mass is 32.1. The predicted octanol–water partition coefficient (Wildman–Crippen LogP) is 0.598. The van der Waals surface area contributed by atoms with E-state index < -0.39 is 0 Å². The van der Waals surface area contributed by atoms with E-state index in [9.17, 15) is 0 Å². The normalized spacial score (nSPS) is 9.40. The lowest BCUT2D eigenvalue weighted by Crippen LogP contribution is -2.14. The van der Waals surface area contributed by atoms with Crippen LogP contribution < -0.4 is 5.46 Å². The molecule has 0 unspecified atom stereocenters. The van der Waals surface area contributed by atoms with E-state index in [0.29, 0.717) is 7.48 Å². The Morgan fingerprint density at radius 2 is 1.90 bits per heavy atom. The van der Waals surface area contributed by atoms with Gasteiger partial charge in [-0.25, -0.2) is 0 Å². The molecule has 1 nitrogen and oxygen atoms in total. The van der Waals surface area contributed by atoms with Gasteiger partial charge in [0.05, 0.1) is 0 Å². The predicted molar refractivity (Wildman–Crippen MR) is 47.5 cm³/mol. The highest BCUT2D eigenvalue weighted by molar-refractivity contribution is 7.80. The van der Waals surface area contributed by atoms with Crippen LogP contribution in [-0.4, -0.2) is 14.6 Å². The van der Waals surface area contributed by atoms with Crippen LogP contribution in [0.3, 0.4) is 0 Å². The molecule has 0 fully saturated rings. The maximum Gasteiger partial charge on any atom is 0.308 e. The summed E-state index contributed by atoms with van der Waals surface area (Å²) in [5.74, 6) is 0. The minimum absolute atomic E-state index is 0.675. The number of thiol groups is 1. The van der Waals surface area contributed by atoms with E-state index >= 15 is 0 Å². The fraction of sp³-hybridized carbons (Fsp3) is 0.143. The van der Waals surface area contributed by atoms with Crippen LogP contribution >= 0.6 is 12.6 Å². The topological polar surface area (TPSA) is 9.23 Å². The first-order valence-electron chi connectivity index (χ1n) is 3.10. The Labute approximate surface area is 67.1 Å². The van der Waals surface area contributed by atoms with Crippen LogP contribution in [0.5, 0.6) is 0 Å². The number of benzene rings is 1. The van der Waals surface area contributed by atoms with Crippen LogP contribution in [0.2, 0.25) is 0 Å². The smallest absolute Gasteiger partial charge is 0.308 e. The first kappa shape index (κ1) is 7.70. The van der Waals surface area contributed by atoms with Crippen molar-refractivity contribution in [2.45, 2.75) is 4.90 Å². The summed E-state index contributed by atoms with van der Waals surface area (Å²) in [7, 11) is 2.36. The van der Waals surface area contributed by atoms with E-state index in [4.69, 9.17) is 4.65 Å². The second kappa shape index (κ2) is 3.69. The lowest BCUT2D eigenvalue weighted by molar-refractivity contribution is 0.450. The Balaban J connectivity index is 2.69. The van der Waals surface area contributed by atoms with E-state index in [-0.39, 0.29) is 0 Å². The lowest BCUT2D eigenvalue weighted by atomic mass is 9.89. The summed E-state index contributed by atoms with van der Waals surface area (Å²) in [6, 6.07) is 7.92. The first-order chi connectivity index (χ1) is 4.83. The van der Waals surface area contributed by atoms with Crippen molar-refractivity contribution in [1.29, 1.82) is 0 Å². The molecule has 0 aliphatic rings. The van der Waals surface area contributed by atoms with E-state index in [1.807, 2.05) is 24.3 Å². The number of hydrogen-bond acceptors (Lipinski definition) is 2. The molecule has 0 amide bonds. The molecule has 0 aliphatic carbocycles. The SMILES string of the molecule is COBc1ccc(S)cc1. The van der Waals surface area contributed by atoms with Crippen molar-refractivity contribution < 1.29 is 4.65 Å². The van der Waals surface area contributed by atoms with Crippen LogP contribution in [0.25, 0.3) is 0 Å². The summed E-state index contributed by atoms with van der Waals surface area (Å²) < 4.78 is 4.94. The van der Waals surface area contributed by atoms with E-state index in [1.54, 1.807) is 7.11 Å². The van der Waals surface area contributed by atoms with Gasteiger partial charge in [0.25, 0.3) is 0 Å². The van der Waals surface area contributed by atoms with Gasteiger partial charge in [0.15, 0.2) is 0 Å². The Kier molecular flexibility index (Phi) is 2.84. The van der Waals surface area contributed by atoms with Crippen molar-refractivity contribution in [2.24, 2.45) is 0 Å². The van der Waals surface area contributed by atoms with Crippen molar-refractivity contribution >= 4 is 25.6 Å². The molecular formula is C7H9BOS. The van der Waals surface area contributed by atoms with Gasteiger partial charge in [0.1, 0.15) is 0 Å². The quantitative estimate of drug-likeness (QED) is 0.482. The summed E-state index contributed by atoms with van der Waals surface area (Å²) in [5, 5.41) is 0. The first-order valence-corrected chi connectivity index (χ1v) is 3.54. The van der Waals surface area contributed by atoms with Crippen molar-refractivity contribution in [3.63, 3.8) is 0 Å². The number of rotatable bonds is 2. The molecule has 0 aliphatic heterocycles. The minimum atomic E-state index is 0.675. The molecule has 1 aromatic rings. The fourth-order valence-corrected chi connectivity index (χ4v) is 0.908. The molecule has 0 heterocycles. The van der Waals surface area contributed by atoms with Crippen LogP contribution in [0.4, 0.5) is 0 Å². The minimum Gasteiger partial charge on any atom is -0.437 e. The molecule has 0 radical (unpaired) electrons. The van der Waals surface area contributed by atoms with E-state index in [2.05, 4.69) is 12.6 Å². The third-order valence-electron chi connectivity index (χ3n) is 1.25. The maximum absolute atomic E-state index is 4.94. The van der Waals surface area contributed by atoms with Gasteiger partial charge in [0, 0.05) is 12.0 Å². The molecule has 1 aromatic carbocycles. The molecule has 0 bridgehead atoms. The summed E-state index contributed by atoms with van der Waals surface area (Å²) in [6.07, 6.45) is 0. The Bertz CT molecular complexity index is 197. The molecule has 52 valence electrons. The number of hydrogen-bond donors (Lipinski definition) is 1. The van der Waals surface area contributed by atoms with Gasteiger partial charge in [-0.2, -0.15) is 0 Å². The molecular weight excluding hydrogens is 143 g/mol. The molecule has 10 heavy (non-hydrogen) atoms. The van der Waals surface area contributed by atoms with Crippen molar-refractivity contribution in [2.75, 3.05) is 7.11 Å². The zero-order chi connectivity index (χ0) is 7.40. The Morgan fingerprint density at radius 3 is 2.40 bits per heavy atom. The highest BCUT2D eigenvalue weighted by Gasteiger charge is 1.91. The third kappa shape index (κ3) is 2.08. The van der Waals surface area contributed by atoms with Gasteiger partial charge in [-0.05, 0) is 12.1 Å². The largest absolute Gasteiger partial charge is 0.437 e. The standard InChI is InChI=1S/C7H9BOS/c1-9-8-6-2-4-7(10)5-3-6/h2-5,8,10H,1H3. The fourth-order valence-electron chi connectivity index (χ4n) is 0.759. The summed E-state index contributed by atoms with van der Waals surface area (Å²) in [4.78, 5) is 0.986. The van der Waals surface area contributed by atoms with E-state index in [1.165, 1.54) is 5.46 Å². The Hall–Kier alpha value is -0.405. The molecule has 0 spiro atoms. The molecule has 0 N–H and O–H groups in total. The summed E-state index contributed by atoms with van der Waals surface area (Å²) in [5.41, 5.74) is 1.18. The zero-order valence-electron chi connectivity index (χ0n) is 5.87. The van der Waals surface area contributed by atoms with Crippen molar-refractivity contribution in [3.8, 4) is 0 Å². The molecule has 0 saturated carbocycles. The van der Waals surface area contributed by atoms with Crippen LogP contribution in [-0.2, 0) is 4.65 Å². The molecule has 0 atom stereocenters. The second-order valence-corrected chi connectivity index (χ2v) is 2.62. The van der Waals surface area contributed by atoms with Gasteiger partial charge >= 0.3 is 7.48 Å². The lowest BCUT2D eigenvalue weighted by Gasteiger charge is -1.95. The summed E-state index contributed by atoms with van der Waals surface area (Å²) >= 11 is 4.16. The van der Waals surface area contributed by atoms with Crippen LogP contribution in [0, 0.1) is 0 Å². The summed E-state index contributed by atoms with van der Waals surface area (Å²) in [6.45, 7) is 0. The Morgan fingerprint density at radius 1 is 1.30 bits per heavy atom. The molecule has 0 aromatic heterocycles. The van der Waals surface area contributed by atoms with Crippen molar-refractivity contribution in [1.82, 2.24) is 0 Å². The average molecular weight is 152 g/mol. The van der Waals surface area contributed by atoms with Crippen molar-refractivity contribution in [3.05, 3.63) is 24.3 Å². The van der Waals surface area contributed by atoms with E-state index in [0.717, 1.165) is 4.90 Å². The zero-order valence-corrected chi connectivity index (χ0v) is 6.77. The monoisotopic (exact) mass is 152 g/mol. The molecule has 1 rings (SSSR count). The second-order valence-electron chi connectivity index (χ2n) is 2.10.